The van der Waals surface area contributed by atoms with Gasteiger partial charge >= 0.3 is 0 Å². The van der Waals surface area contributed by atoms with Crippen LogP contribution in [0, 0.1) is 0 Å². The zero-order valence-electron chi connectivity index (χ0n) is 16.3. The number of hydrogen-bond donors (Lipinski definition) is 2. The number of rotatable bonds is 4. The SMILES string of the molecule is C[NH+]1CCN(S(=O)(=O)c2cccc(C(=O)Nc3cccc4ccccc34)c2)CC1. The van der Waals surface area contributed by atoms with E-state index in [-0.39, 0.29) is 10.8 Å². The fourth-order valence-electron chi connectivity index (χ4n) is 3.58. The van der Waals surface area contributed by atoms with Gasteiger partial charge in [-0.2, -0.15) is 4.31 Å². The predicted molar refractivity (Wildman–Crippen MR) is 114 cm³/mol. The summed E-state index contributed by atoms with van der Waals surface area (Å²) in [7, 11) is -1.55. The lowest BCUT2D eigenvalue weighted by Gasteiger charge is -2.29. The van der Waals surface area contributed by atoms with E-state index in [9.17, 15) is 13.2 Å². The Labute approximate surface area is 170 Å². The van der Waals surface area contributed by atoms with Crippen LogP contribution in [0.15, 0.2) is 71.6 Å². The first kappa shape index (κ1) is 19.6. The van der Waals surface area contributed by atoms with Gasteiger partial charge in [-0.1, -0.05) is 42.5 Å². The molecule has 0 unspecified atom stereocenters. The number of anilines is 1. The first-order valence-electron chi connectivity index (χ1n) is 9.66. The van der Waals surface area contributed by atoms with Gasteiger partial charge in [0.1, 0.15) is 0 Å². The summed E-state index contributed by atoms with van der Waals surface area (Å²) in [4.78, 5) is 14.3. The molecule has 0 spiro atoms. The van der Waals surface area contributed by atoms with Crippen LogP contribution < -0.4 is 10.2 Å². The van der Waals surface area contributed by atoms with Gasteiger partial charge in [-0.3, -0.25) is 4.79 Å². The molecular formula is C22H24N3O3S+. The van der Waals surface area contributed by atoms with E-state index in [1.165, 1.54) is 15.3 Å². The normalized spacial score (nSPS) is 16.0. The molecule has 0 saturated carbocycles. The Kier molecular flexibility index (Phi) is 5.36. The van der Waals surface area contributed by atoms with Crippen LogP contribution in [-0.4, -0.2) is 51.9 Å². The summed E-state index contributed by atoms with van der Waals surface area (Å²) in [6.45, 7) is 2.53. The van der Waals surface area contributed by atoms with E-state index in [2.05, 4.69) is 12.4 Å². The maximum Gasteiger partial charge on any atom is 0.255 e. The minimum Gasteiger partial charge on any atom is -0.335 e. The second-order valence-corrected chi connectivity index (χ2v) is 9.31. The van der Waals surface area contributed by atoms with Crippen LogP contribution in [0.3, 0.4) is 0 Å². The first-order chi connectivity index (χ1) is 13.9. The van der Waals surface area contributed by atoms with Gasteiger partial charge in [-0.15, -0.1) is 0 Å². The number of likely N-dealkylation sites (N-methyl/N-ethyl adjacent to an activating group) is 1. The van der Waals surface area contributed by atoms with Crippen LogP contribution in [0.5, 0.6) is 0 Å². The fourth-order valence-corrected chi connectivity index (χ4v) is 5.07. The summed E-state index contributed by atoms with van der Waals surface area (Å²) >= 11 is 0. The topological polar surface area (TPSA) is 70.9 Å². The van der Waals surface area contributed by atoms with Crippen molar-refractivity contribution in [1.29, 1.82) is 0 Å². The number of amides is 1. The maximum atomic E-state index is 13.0. The fraction of sp³-hybridized carbons (Fsp3) is 0.227. The highest BCUT2D eigenvalue weighted by atomic mass is 32.2. The van der Waals surface area contributed by atoms with E-state index in [0.717, 1.165) is 23.9 Å². The van der Waals surface area contributed by atoms with Crippen LogP contribution >= 0.6 is 0 Å². The van der Waals surface area contributed by atoms with Gasteiger partial charge in [0, 0.05) is 16.6 Å². The summed E-state index contributed by atoms with van der Waals surface area (Å²) in [6.07, 6.45) is 0. The molecule has 6 nitrogen and oxygen atoms in total. The molecule has 7 heteroatoms. The van der Waals surface area contributed by atoms with E-state index in [1.807, 2.05) is 42.5 Å². The molecule has 0 radical (unpaired) electrons. The Balaban J connectivity index is 1.59. The number of quaternary nitrogens is 1. The Hall–Kier alpha value is -2.74. The predicted octanol–water partition coefficient (Wildman–Crippen LogP) is 1.61. The average Bonchev–Trinajstić information content (AvgIpc) is 2.74. The van der Waals surface area contributed by atoms with Crippen LogP contribution in [0.25, 0.3) is 10.8 Å². The van der Waals surface area contributed by atoms with E-state index >= 15 is 0 Å². The number of piperazine rings is 1. The summed E-state index contributed by atoms with van der Waals surface area (Å²) < 4.78 is 27.5. The standard InChI is InChI=1S/C22H23N3O3S/c1-24-12-14-25(15-13-24)29(27,28)19-9-4-8-18(16-19)22(26)23-21-11-5-7-17-6-2-3-10-20(17)21/h2-11,16H,12-15H2,1H3,(H,23,26)/p+1. The summed E-state index contributed by atoms with van der Waals surface area (Å²) in [5.41, 5.74) is 1.02. The first-order valence-corrected chi connectivity index (χ1v) is 11.1. The van der Waals surface area contributed by atoms with Crippen molar-refractivity contribution in [2.24, 2.45) is 0 Å². The van der Waals surface area contributed by atoms with Gasteiger partial charge in [0.2, 0.25) is 10.0 Å². The van der Waals surface area contributed by atoms with Crippen LogP contribution in [0.1, 0.15) is 10.4 Å². The second kappa shape index (κ2) is 7.94. The molecule has 0 aliphatic carbocycles. The summed E-state index contributed by atoms with van der Waals surface area (Å²) in [6, 6.07) is 19.8. The highest BCUT2D eigenvalue weighted by molar-refractivity contribution is 7.89. The molecule has 2 N–H and O–H groups in total. The lowest BCUT2D eigenvalue weighted by atomic mass is 10.1. The van der Waals surface area contributed by atoms with E-state index < -0.39 is 10.0 Å². The lowest BCUT2D eigenvalue weighted by molar-refractivity contribution is -0.883. The Morgan fingerprint density at radius 3 is 2.45 bits per heavy atom. The molecule has 1 saturated heterocycles. The third-order valence-electron chi connectivity index (χ3n) is 5.35. The molecule has 1 heterocycles. The van der Waals surface area contributed by atoms with Gasteiger partial charge in [0.05, 0.1) is 38.1 Å². The number of nitrogens with zero attached hydrogens (tertiary/aromatic N) is 1. The third kappa shape index (κ3) is 4.03. The molecule has 1 amide bonds. The van der Waals surface area contributed by atoms with Crippen molar-refractivity contribution < 1.29 is 18.1 Å². The summed E-state index contributed by atoms with van der Waals surface area (Å²) in [5, 5.41) is 4.88. The molecule has 3 aromatic carbocycles. The Morgan fingerprint density at radius 2 is 1.66 bits per heavy atom. The number of benzene rings is 3. The molecule has 4 rings (SSSR count). The van der Waals surface area contributed by atoms with E-state index in [1.54, 1.807) is 18.2 Å². The van der Waals surface area contributed by atoms with Crippen molar-refractivity contribution in [3.63, 3.8) is 0 Å². The van der Waals surface area contributed by atoms with Gasteiger partial charge < -0.3 is 10.2 Å². The molecule has 0 atom stereocenters. The summed E-state index contributed by atoms with van der Waals surface area (Å²) in [5.74, 6) is -0.332. The van der Waals surface area contributed by atoms with E-state index in [0.29, 0.717) is 24.3 Å². The maximum absolute atomic E-state index is 13.0. The molecular weight excluding hydrogens is 386 g/mol. The number of carbonyl (C=O) groups excluding carboxylic acids is 1. The monoisotopic (exact) mass is 410 g/mol. The van der Waals surface area contributed by atoms with Crippen molar-refractivity contribution in [2.75, 3.05) is 38.5 Å². The van der Waals surface area contributed by atoms with Crippen LogP contribution in [0.4, 0.5) is 5.69 Å². The van der Waals surface area contributed by atoms with Gasteiger partial charge in [0.15, 0.2) is 0 Å². The smallest absolute Gasteiger partial charge is 0.255 e. The van der Waals surface area contributed by atoms with Crippen LogP contribution in [-0.2, 0) is 10.0 Å². The van der Waals surface area contributed by atoms with Crippen molar-refractivity contribution in [1.82, 2.24) is 4.31 Å². The average molecular weight is 411 g/mol. The highest BCUT2D eigenvalue weighted by Crippen LogP contribution is 2.24. The lowest BCUT2D eigenvalue weighted by Crippen LogP contribution is -3.12. The van der Waals surface area contributed by atoms with E-state index in [4.69, 9.17) is 0 Å². The molecule has 29 heavy (non-hydrogen) atoms. The minimum absolute atomic E-state index is 0.155. The zero-order chi connectivity index (χ0) is 20.4. The van der Waals surface area contributed by atoms with Crippen molar-refractivity contribution in [3.8, 4) is 0 Å². The van der Waals surface area contributed by atoms with Crippen LogP contribution in [0.2, 0.25) is 0 Å². The molecule has 1 fully saturated rings. The zero-order valence-corrected chi connectivity index (χ0v) is 17.1. The molecule has 3 aromatic rings. The molecule has 0 bridgehead atoms. The van der Waals surface area contributed by atoms with Gasteiger partial charge in [-0.05, 0) is 29.7 Å². The number of hydrogen-bond acceptors (Lipinski definition) is 3. The largest absolute Gasteiger partial charge is 0.335 e. The van der Waals surface area contributed by atoms with Crippen molar-refractivity contribution in [2.45, 2.75) is 4.90 Å². The Morgan fingerprint density at radius 1 is 0.966 bits per heavy atom. The van der Waals surface area contributed by atoms with Crippen molar-refractivity contribution >= 4 is 32.4 Å². The van der Waals surface area contributed by atoms with Gasteiger partial charge in [-0.25, -0.2) is 8.42 Å². The van der Waals surface area contributed by atoms with Gasteiger partial charge in [0.25, 0.3) is 5.91 Å². The Bertz CT molecular complexity index is 1150. The number of fused-ring (bicyclic) bond motifs is 1. The minimum atomic E-state index is -3.61. The second-order valence-electron chi connectivity index (χ2n) is 7.37. The number of carbonyl (C=O) groups is 1. The number of nitrogens with one attached hydrogen (secondary N) is 2. The number of sulfonamides is 1. The molecule has 1 aliphatic rings. The highest BCUT2D eigenvalue weighted by Gasteiger charge is 2.29. The van der Waals surface area contributed by atoms with Crippen molar-refractivity contribution in [3.05, 3.63) is 72.3 Å². The quantitative estimate of drug-likeness (QED) is 0.687. The molecule has 1 aliphatic heterocycles. The molecule has 150 valence electrons. The third-order valence-corrected chi connectivity index (χ3v) is 7.24. The molecule has 0 aromatic heterocycles.